The molecule has 0 radical (unpaired) electrons. The molecular weight excluding hydrogens is 354 g/mol. The first-order chi connectivity index (χ1) is 13.5. The molecule has 148 valence electrons. The Labute approximate surface area is 165 Å². The highest BCUT2D eigenvalue weighted by Crippen LogP contribution is 2.32. The number of piperidine rings is 1. The lowest BCUT2D eigenvalue weighted by molar-refractivity contribution is -0.428. The molecule has 1 aliphatic heterocycles. The van der Waals surface area contributed by atoms with Crippen molar-refractivity contribution in [1.29, 1.82) is 0 Å². The SMILES string of the molecule is CNC(=O)c1ccccc1C(C)C1=CCC([N+](=O)[O-])=C(N2CCCCC2)C=C1. The van der Waals surface area contributed by atoms with E-state index in [0.717, 1.165) is 42.8 Å². The van der Waals surface area contributed by atoms with Crippen molar-refractivity contribution in [3.05, 3.63) is 80.7 Å². The summed E-state index contributed by atoms with van der Waals surface area (Å²) in [6.45, 7) is 3.76. The van der Waals surface area contributed by atoms with E-state index in [1.54, 1.807) is 7.05 Å². The summed E-state index contributed by atoms with van der Waals surface area (Å²) in [5, 5.41) is 14.4. The molecule has 6 heteroatoms. The second-order valence-electron chi connectivity index (χ2n) is 7.27. The van der Waals surface area contributed by atoms with Gasteiger partial charge in [0.05, 0.1) is 11.3 Å². The number of amides is 1. The largest absolute Gasteiger partial charge is 0.366 e. The number of hydrogen-bond acceptors (Lipinski definition) is 4. The highest BCUT2D eigenvalue weighted by molar-refractivity contribution is 5.95. The van der Waals surface area contributed by atoms with Crippen molar-refractivity contribution in [3.63, 3.8) is 0 Å². The first-order valence-corrected chi connectivity index (χ1v) is 9.84. The third-order valence-electron chi connectivity index (χ3n) is 5.58. The van der Waals surface area contributed by atoms with Gasteiger partial charge in [0.1, 0.15) is 5.70 Å². The summed E-state index contributed by atoms with van der Waals surface area (Å²) < 4.78 is 0. The summed E-state index contributed by atoms with van der Waals surface area (Å²) in [5.74, 6) is -0.169. The minimum atomic E-state index is -0.253. The standard InChI is InChI=1S/C22H27N3O3/c1-16(18-8-4-5-9-19(18)22(26)23-2)17-10-12-20(21(13-11-17)25(27)28)24-14-6-3-7-15-24/h4-5,8-12,16H,3,6-7,13-15H2,1-2H3,(H,23,26). The normalized spacial score (nSPS) is 18.4. The number of likely N-dealkylation sites (tertiary alicyclic amines) is 1. The zero-order chi connectivity index (χ0) is 20.1. The Balaban J connectivity index is 1.91. The van der Waals surface area contributed by atoms with Gasteiger partial charge in [-0.15, -0.1) is 0 Å². The Hall–Kier alpha value is -2.89. The maximum absolute atomic E-state index is 12.2. The van der Waals surface area contributed by atoms with E-state index in [4.69, 9.17) is 0 Å². The van der Waals surface area contributed by atoms with Gasteiger partial charge in [-0.2, -0.15) is 0 Å². The Bertz CT molecular complexity index is 848. The van der Waals surface area contributed by atoms with Gasteiger partial charge in [-0.1, -0.05) is 37.3 Å². The summed E-state index contributed by atoms with van der Waals surface area (Å²) in [4.78, 5) is 25.8. The fraction of sp³-hybridized carbons (Fsp3) is 0.409. The zero-order valence-corrected chi connectivity index (χ0v) is 16.5. The Morgan fingerprint density at radius 2 is 1.89 bits per heavy atom. The van der Waals surface area contributed by atoms with Gasteiger partial charge in [-0.05, 0) is 42.5 Å². The number of carbonyl (C=O) groups is 1. The molecule has 0 aromatic heterocycles. The smallest absolute Gasteiger partial charge is 0.273 e. The molecule has 1 atom stereocenters. The molecule has 1 aliphatic carbocycles. The lowest BCUT2D eigenvalue weighted by Gasteiger charge is -2.29. The average Bonchev–Trinajstić information content (AvgIpc) is 2.96. The van der Waals surface area contributed by atoms with Crippen LogP contribution in [0.4, 0.5) is 0 Å². The van der Waals surface area contributed by atoms with Crippen molar-refractivity contribution in [2.24, 2.45) is 0 Å². The molecule has 1 fully saturated rings. The topological polar surface area (TPSA) is 75.5 Å². The molecule has 2 aliphatic rings. The maximum Gasteiger partial charge on any atom is 0.273 e. The van der Waals surface area contributed by atoms with Gasteiger partial charge in [0, 0.05) is 31.6 Å². The van der Waals surface area contributed by atoms with Crippen LogP contribution in [0.15, 0.2) is 59.5 Å². The number of nitro groups is 1. The van der Waals surface area contributed by atoms with Crippen molar-refractivity contribution >= 4 is 5.91 Å². The van der Waals surface area contributed by atoms with Gasteiger partial charge in [-0.3, -0.25) is 14.9 Å². The van der Waals surface area contributed by atoms with E-state index >= 15 is 0 Å². The van der Waals surface area contributed by atoms with E-state index in [1.165, 1.54) is 6.42 Å². The van der Waals surface area contributed by atoms with E-state index in [-0.39, 0.29) is 28.9 Å². The van der Waals surface area contributed by atoms with E-state index in [2.05, 4.69) is 10.2 Å². The van der Waals surface area contributed by atoms with Gasteiger partial charge in [0.2, 0.25) is 0 Å². The van der Waals surface area contributed by atoms with Crippen LogP contribution < -0.4 is 5.32 Å². The number of benzene rings is 1. The summed E-state index contributed by atoms with van der Waals surface area (Å²) >= 11 is 0. The summed E-state index contributed by atoms with van der Waals surface area (Å²) in [6.07, 6.45) is 9.40. The molecule has 6 nitrogen and oxygen atoms in total. The van der Waals surface area contributed by atoms with Crippen LogP contribution in [-0.2, 0) is 0 Å². The van der Waals surface area contributed by atoms with Gasteiger partial charge in [0.15, 0.2) is 0 Å². The van der Waals surface area contributed by atoms with Crippen LogP contribution in [-0.4, -0.2) is 35.9 Å². The molecule has 0 spiro atoms. The molecule has 1 aromatic rings. The molecule has 1 saturated heterocycles. The minimum Gasteiger partial charge on any atom is -0.366 e. The molecular formula is C22H27N3O3. The van der Waals surface area contributed by atoms with E-state index in [1.807, 2.05) is 49.4 Å². The number of nitrogens with one attached hydrogen (secondary N) is 1. The van der Waals surface area contributed by atoms with Crippen LogP contribution >= 0.6 is 0 Å². The first-order valence-electron chi connectivity index (χ1n) is 9.84. The van der Waals surface area contributed by atoms with Crippen LogP contribution in [0.1, 0.15) is 54.4 Å². The van der Waals surface area contributed by atoms with Crippen molar-refractivity contribution in [2.45, 2.75) is 38.5 Å². The van der Waals surface area contributed by atoms with Crippen LogP contribution in [0, 0.1) is 10.1 Å². The maximum atomic E-state index is 12.2. The van der Waals surface area contributed by atoms with Crippen molar-refractivity contribution in [1.82, 2.24) is 10.2 Å². The van der Waals surface area contributed by atoms with Gasteiger partial charge < -0.3 is 10.2 Å². The van der Waals surface area contributed by atoms with Crippen LogP contribution in [0.2, 0.25) is 0 Å². The molecule has 1 aromatic carbocycles. The summed E-state index contributed by atoms with van der Waals surface area (Å²) in [7, 11) is 1.62. The molecule has 1 unspecified atom stereocenters. The molecule has 1 heterocycles. The number of carbonyl (C=O) groups excluding carboxylic acids is 1. The lowest BCUT2D eigenvalue weighted by atomic mass is 9.88. The second-order valence-corrected chi connectivity index (χ2v) is 7.27. The summed E-state index contributed by atoms with van der Waals surface area (Å²) in [5.41, 5.74) is 3.52. The summed E-state index contributed by atoms with van der Waals surface area (Å²) in [6, 6.07) is 7.52. The fourth-order valence-electron chi connectivity index (χ4n) is 3.97. The van der Waals surface area contributed by atoms with Gasteiger partial charge in [-0.25, -0.2) is 0 Å². The Morgan fingerprint density at radius 1 is 1.18 bits per heavy atom. The van der Waals surface area contributed by atoms with Gasteiger partial charge >= 0.3 is 0 Å². The molecule has 0 saturated carbocycles. The minimum absolute atomic E-state index is 0.0431. The van der Waals surface area contributed by atoms with E-state index in [0.29, 0.717) is 5.56 Å². The zero-order valence-electron chi connectivity index (χ0n) is 16.5. The predicted molar refractivity (Wildman–Crippen MR) is 110 cm³/mol. The lowest BCUT2D eigenvalue weighted by Crippen LogP contribution is -2.30. The monoisotopic (exact) mass is 381 g/mol. The van der Waals surface area contributed by atoms with Crippen LogP contribution in [0.3, 0.4) is 0 Å². The van der Waals surface area contributed by atoms with Crippen LogP contribution in [0.25, 0.3) is 0 Å². The molecule has 1 N–H and O–H groups in total. The van der Waals surface area contributed by atoms with Crippen molar-refractivity contribution in [3.8, 4) is 0 Å². The number of nitrogens with zero attached hydrogens (tertiary/aromatic N) is 2. The third-order valence-corrected chi connectivity index (χ3v) is 5.58. The molecule has 3 rings (SSSR count). The first kappa shape index (κ1) is 19.9. The van der Waals surface area contributed by atoms with Crippen LogP contribution in [0.5, 0.6) is 0 Å². The van der Waals surface area contributed by atoms with Crippen molar-refractivity contribution in [2.75, 3.05) is 20.1 Å². The second kappa shape index (κ2) is 8.87. The van der Waals surface area contributed by atoms with Gasteiger partial charge in [0.25, 0.3) is 11.6 Å². The quantitative estimate of drug-likeness (QED) is 0.618. The van der Waals surface area contributed by atoms with E-state index < -0.39 is 0 Å². The molecule has 0 bridgehead atoms. The number of rotatable bonds is 5. The fourth-order valence-corrected chi connectivity index (χ4v) is 3.97. The Kier molecular flexibility index (Phi) is 6.29. The van der Waals surface area contributed by atoms with Crippen molar-refractivity contribution < 1.29 is 9.72 Å². The molecule has 28 heavy (non-hydrogen) atoms. The predicted octanol–water partition coefficient (Wildman–Crippen LogP) is 4.01. The molecule has 1 amide bonds. The highest BCUT2D eigenvalue weighted by atomic mass is 16.6. The highest BCUT2D eigenvalue weighted by Gasteiger charge is 2.25. The number of hydrogen-bond donors (Lipinski definition) is 1. The third kappa shape index (κ3) is 4.16. The number of allylic oxidation sites excluding steroid dienone is 4. The van der Waals surface area contributed by atoms with E-state index in [9.17, 15) is 14.9 Å². The average molecular weight is 381 g/mol. The Morgan fingerprint density at radius 3 is 2.57 bits per heavy atom.